The first-order valence-corrected chi connectivity index (χ1v) is 8.73. The number of fused-ring (bicyclic) bond motifs is 1. The normalized spacial score (nSPS) is 11.2. The van der Waals surface area contributed by atoms with Crippen molar-refractivity contribution < 1.29 is 9.90 Å². The smallest absolute Gasteiger partial charge is 0.226 e. The molecule has 0 fully saturated rings. The van der Waals surface area contributed by atoms with Crippen LogP contribution in [0.3, 0.4) is 0 Å². The Morgan fingerprint density at radius 2 is 2.16 bits per heavy atom. The highest BCUT2D eigenvalue weighted by Gasteiger charge is 2.18. The number of aryl methyl sites for hydroxylation is 1. The lowest BCUT2D eigenvalue weighted by molar-refractivity contribution is -0.118. The Labute approximate surface area is 153 Å². The quantitative estimate of drug-likeness (QED) is 0.723. The van der Waals surface area contributed by atoms with Crippen molar-refractivity contribution in [3.05, 3.63) is 29.3 Å². The van der Waals surface area contributed by atoms with E-state index in [2.05, 4.69) is 20.8 Å². The third-order valence-electron chi connectivity index (χ3n) is 3.61. The van der Waals surface area contributed by atoms with E-state index < -0.39 is 0 Å². The summed E-state index contributed by atoms with van der Waals surface area (Å²) in [5.74, 6) is -0.314. The summed E-state index contributed by atoms with van der Waals surface area (Å²) < 4.78 is 1.53. The summed E-state index contributed by atoms with van der Waals surface area (Å²) in [6.07, 6.45) is 0. The van der Waals surface area contributed by atoms with Gasteiger partial charge in [-0.3, -0.25) is 4.79 Å². The van der Waals surface area contributed by atoms with Crippen LogP contribution in [0.5, 0.6) is 5.75 Å². The summed E-state index contributed by atoms with van der Waals surface area (Å²) in [5, 5.41) is 26.6. The molecule has 0 saturated heterocycles. The second-order valence-electron chi connectivity index (χ2n) is 5.76. The van der Waals surface area contributed by atoms with Gasteiger partial charge in [0.05, 0.1) is 5.02 Å². The molecule has 0 aliphatic heterocycles. The second-order valence-corrected chi connectivity index (χ2v) is 7.18. The van der Waals surface area contributed by atoms with Crippen molar-refractivity contribution >= 4 is 45.7 Å². The Kier molecular flexibility index (Phi) is 4.82. The number of hydrogen-bond donors (Lipinski definition) is 2. The molecule has 0 aliphatic rings. The van der Waals surface area contributed by atoms with E-state index in [1.54, 1.807) is 31.3 Å². The number of tetrazole rings is 1. The highest BCUT2D eigenvalue weighted by atomic mass is 35.5. The molecule has 1 heterocycles. The van der Waals surface area contributed by atoms with Crippen molar-refractivity contribution in [2.75, 3.05) is 5.32 Å². The summed E-state index contributed by atoms with van der Waals surface area (Å²) >= 11 is 7.48. The number of anilines is 1. The lowest BCUT2D eigenvalue weighted by Crippen LogP contribution is -2.18. The first-order chi connectivity index (χ1) is 11.9. The maximum Gasteiger partial charge on any atom is 0.226 e. The van der Waals surface area contributed by atoms with E-state index in [0.29, 0.717) is 21.6 Å². The molecule has 3 aromatic rings. The Bertz CT molecular complexity index is 957. The molecule has 2 N–H and O–H groups in total. The number of phenolic OH excluding ortho intramolecular Hbond substituents is 1. The van der Waals surface area contributed by atoms with Gasteiger partial charge >= 0.3 is 0 Å². The van der Waals surface area contributed by atoms with Crippen LogP contribution in [0.25, 0.3) is 10.8 Å². The molecule has 0 radical (unpaired) electrons. The molecule has 1 aromatic heterocycles. The summed E-state index contributed by atoms with van der Waals surface area (Å²) in [6.45, 7) is 3.63. The van der Waals surface area contributed by atoms with Gasteiger partial charge in [-0.2, -0.15) is 0 Å². The molecular weight excluding hydrogens is 362 g/mol. The molecule has 0 bridgehead atoms. The molecule has 25 heavy (non-hydrogen) atoms. The molecule has 3 rings (SSSR count). The maximum atomic E-state index is 12.1. The van der Waals surface area contributed by atoms with Gasteiger partial charge < -0.3 is 10.4 Å². The first-order valence-electron chi connectivity index (χ1n) is 7.53. The van der Waals surface area contributed by atoms with E-state index in [-0.39, 0.29) is 22.6 Å². The van der Waals surface area contributed by atoms with E-state index in [0.717, 1.165) is 4.90 Å². The van der Waals surface area contributed by atoms with Gasteiger partial charge in [-0.1, -0.05) is 37.6 Å². The third kappa shape index (κ3) is 3.40. The average Bonchev–Trinajstić information content (AvgIpc) is 2.97. The number of amides is 1. The molecule has 130 valence electrons. The third-order valence-corrected chi connectivity index (χ3v) is 4.97. The highest BCUT2D eigenvalue weighted by molar-refractivity contribution is 7.99. The number of aromatic nitrogens is 4. The van der Waals surface area contributed by atoms with Gasteiger partial charge in [0.2, 0.25) is 11.1 Å². The number of aromatic hydroxyl groups is 1. The molecule has 0 unspecified atom stereocenters. The van der Waals surface area contributed by atoms with Crippen molar-refractivity contribution in [2.45, 2.75) is 23.9 Å². The van der Waals surface area contributed by atoms with Crippen molar-refractivity contribution in [3.8, 4) is 5.75 Å². The number of rotatable bonds is 4. The van der Waals surface area contributed by atoms with Crippen LogP contribution in [-0.2, 0) is 11.8 Å². The van der Waals surface area contributed by atoms with E-state index in [9.17, 15) is 9.90 Å². The van der Waals surface area contributed by atoms with Crippen molar-refractivity contribution in [1.82, 2.24) is 20.2 Å². The zero-order valence-electron chi connectivity index (χ0n) is 13.8. The monoisotopic (exact) mass is 377 g/mol. The number of nitrogens with one attached hydrogen (secondary N) is 1. The summed E-state index contributed by atoms with van der Waals surface area (Å²) in [4.78, 5) is 12.9. The highest BCUT2D eigenvalue weighted by Crippen LogP contribution is 2.43. The minimum absolute atomic E-state index is 0.0299. The molecule has 1 amide bonds. The van der Waals surface area contributed by atoms with Crippen LogP contribution in [0, 0.1) is 5.92 Å². The van der Waals surface area contributed by atoms with Crippen LogP contribution in [0.1, 0.15) is 13.8 Å². The minimum atomic E-state index is -0.171. The standard InChI is InChI=1S/C16H16ClN5O2S/c1-8(2)15(24)18-11-6-4-5-9-13(11)12(7-10(17)14(9)23)25-16-19-20-21-22(16)3/h4-8,23H,1-3H3,(H,18,24). The SMILES string of the molecule is CC(C)C(=O)Nc1cccc2c(O)c(Cl)cc(Sc3nnnn3C)c12. The molecule has 9 heteroatoms. The van der Waals surface area contributed by atoms with Crippen LogP contribution in [-0.4, -0.2) is 31.2 Å². The zero-order valence-corrected chi connectivity index (χ0v) is 15.4. The van der Waals surface area contributed by atoms with E-state index in [4.69, 9.17) is 11.6 Å². The lowest BCUT2D eigenvalue weighted by Gasteiger charge is -2.15. The topological polar surface area (TPSA) is 92.9 Å². The van der Waals surface area contributed by atoms with Gasteiger partial charge in [-0.05, 0) is 34.3 Å². The Morgan fingerprint density at radius 1 is 1.40 bits per heavy atom. The van der Waals surface area contributed by atoms with Crippen LogP contribution in [0.2, 0.25) is 5.02 Å². The summed E-state index contributed by atoms with van der Waals surface area (Å²) in [6, 6.07) is 6.94. The molecule has 7 nitrogen and oxygen atoms in total. The van der Waals surface area contributed by atoms with Gasteiger partial charge in [-0.15, -0.1) is 5.10 Å². The van der Waals surface area contributed by atoms with Gasteiger partial charge in [0, 0.05) is 34.3 Å². The molecule has 0 aliphatic carbocycles. The predicted molar refractivity (Wildman–Crippen MR) is 97.0 cm³/mol. The minimum Gasteiger partial charge on any atom is -0.506 e. The number of benzene rings is 2. The van der Waals surface area contributed by atoms with Gasteiger partial charge in [0.1, 0.15) is 5.75 Å². The number of carbonyl (C=O) groups is 1. The van der Waals surface area contributed by atoms with E-state index in [1.807, 2.05) is 13.8 Å². The Balaban J connectivity index is 2.19. The molecule has 0 spiro atoms. The fourth-order valence-corrected chi connectivity index (χ4v) is 3.48. The second kappa shape index (κ2) is 6.89. The fraction of sp³-hybridized carbons (Fsp3) is 0.250. The average molecular weight is 378 g/mol. The maximum absolute atomic E-state index is 12.1. The number of hydrogen-bond acceptors (Lipinski definition) is 6. The van der Waals surface area contributed by atoms with Crippen LogP contribution in [0.4, 0.5) is 5.69 Å². The first kappa shape index (κ1) is 17.5. The van der Waals surface area contributed by atoms with Crippen LogP contribution < -0.4 is 5.32 Å². The molecule has 0 saturated carbocycles. The Morgan fingerprint density at radius 3 is 2.80 bits per heavy atom. The summed E-state index contributed by atoms with van der Waals surface area (Å²) in [5.41, 5.74) is 0.598. The van der Waals surface area contributed by atoms with Crippen molar-refractivity contribution in [2.24, 2.45) is 13.0 Å². The van der Waals surface area contributed by atoms with Gasteiger partial charge in [0.25, 0.3) is 0 Å². The number of phenols is 1. The predicted octanol–water partition coefficient (Wildman–Crippen LogP) is 3.47. The molecule has 2 aromatic carbocycles. The van der Waals surface area contributed by atoms with Gasteiger partial charge in [0.15, 0.2) is 0 Å². The number of nitrogens with zero attached hydrogens (tertiary/aromatic N) is 4. The van der Waals surface area contributed by atoms with E-state index >= 15 is 0 Å². The van der Waals surface area contributed by atoms with Gasteiger partial charge in [-0.25, -0.2) is 4.68 Å². The van der Waals surface area contributed by atoms with E-state index in [1.165, 1.54) is 16.4 Å². The molecular formula is C16H16ClN5O2S. The summed E-state index contributed by atoms with van der Waals surface area (Å²) in [7, 11) is 1.73. The zero-order chi connectivity index (χ0) is 18.1. The van der Waals surface area contributed by atoms with Crippen LogP contribution >= 0.6 is 23.4 Å². The van der Waals surface area contributed by atoms with Crippen molar-refractivity contribution in [3.63, 3.8) is 0 Å². The van der Waals surface area contributed by atoms with Crippen LogP contribution in [0.15, 0.2) is 34.3 Å². The number of halogens is 1. The fourth-order valence-electron chi connectivity index (χ4n) is 2.27. The lowest BCUT2D eigenvalue weighted by atomic mass is 10.1. The number of carbonyl (C=O) groups excluding carboxylic acids is 1. The Hall–Kier alpha value is -2.32. The molecule has 0 atom stereocenters. The largest absolute Gasteiger partial charge is 0.506 e. The van der Waals surface area contributed by atoms with Crippen molar-refractivity contribution in [1.29, 1.82) is 0 Å².